The standard InChI is InChI=1S/C18H14N6O4S/c25-15(21-19-11-12-6-8-14(9-7-12)24(27)28)10-16-22-23-18(29-16)20-17(26)13-4-2-1-3-5-13/h1-9,11H,10H2,(H,21,25)(H,20,23,26)/b19-11-. The van der Waals surface area contributed by atoms with Gasteiger partial charge in [0.25, 0.3) is 11.6 Å². The molecule has 0 saturated carbocycles. The van der Waals surface area contributed by atoms with E-state index in [9.17, 15) is 19.7 Å². The molecule has 0 atom stereocenters. The predicted octanol–water partition coefficient (Wildman–Crippen LogP) is 2.39. The van der Waals surface area contributed by atoms with E-state index in [2.05, 4.69) is 26.0 Å². The second-order valence-corrected chi connectivity index (χ2v) is 6.70. The molecular weight excluding hydrogens is 396 g/mol. The van der Waals surface area contributed by atoms with Gasteiger partial charge >= 0.3 is 0 Å². The van der Waals surface area contributed by atoms with Crippen LogP contribution in [0.1, 0.15) is 20.9 Å². The Bertz CT molecular complexity index is 1050. The Labute approximate surface area is 168 Å². The number of amides is 2. The summed E-state index contributed by atoms with van der Waals surface area (Å²) in [7, 11) is 0. The molecule has 11 heteroatoms. The maximum Gasteiger partial charge on any atom is 0.269 e. The van der Waals surface area contributed by atoms with Gasteiger partial charge in [0.05, 0.1) is 17.6 Å². The normalized spacial score (nSPS) is 10.6. The maximum absolute atomic E-state index is 12.1. The van der Waals surface area contributed by atoms with Crippen molar-refractivity contribution in [2.24, 2.45) is 5.10 Å². The van der Waals surface area contributed by atoms with Crippen molar-refractivity contribution in [1.82, 2.24) is 15.6 Å². The van der Waals surface area contributed by atoms with Crippen molar-refractivity contribution >= 4 is 40.2 Å². The number of nitrogens with one attached hydrogen (secondary N) is 2. The Morgan fingerprint density at radius 2 is 1.83 bits per heavy atom. The molecule has 1 aromatic heterocycles. The third kappa shape index (κ3) is 5.74. The summed E-state index contributed by atoms with van der Waals surface area (Å²) < 4.78 is 0. The van der Waals surface area contributed by atoms with Crippen LogP contribution in [0.3, 0.4) is 0 Å². The van der Waals surface area contributed by atoms with Crippen molar-refractivity contribution in [3.8, 4) is 0 Å². The molecule has 0 bridgehead atoms. The number of non-ortho nitro benzene ring substituents is 1. The molecule has 0 radical (unpaired) electrons. The van der Waals surface area contributed by atoms with E-state index >= 15 is 0 Å². The zero-order valence-electron chi connectivity index (χ0n) is 14.8. The number of nitro benzene ring substituents is 1. The predicted molar refractivity (Wildman–Crippen MR) is 107 cm³/mol. The molecule has 0 aliphatic heterocycles. The first kappa shape index (κ1) is 19.8. The number of nitro groups is 1. The Balaban J connectivity index is 1.49. The van der Waals surface area contributed by atoms with Gasteiger partial charge in [-0.2, -0.15) is 5.10 Å². The van der Waals surface area contributed by atoms with Crippen LogP contribution in [-0.2, 0) is 11.2 Å². The molecule has 3 aromatic rings. The lowest BCUT2D eigenvalue weighted by Gasteiger charge is -1.99. The lowest BCUT2D eigenvalue weighted by molar-refractivity contribution is -0.384. The van der Waals surface area contributed by atoms with E-state index in [0.717, 1.165) is 11.3 Å². The van der Waals surface area contributed by atoms with Crippen LogP contribution < -0.4 is 10.7 Å². The van der Waals surface area contributed by atoms with Gasteiger partial charge < -0.3 is 0 Å². The Morgan fingerprint density at radius 3 is 2.52 bits per heavy atom. The van der Waals surface area contributed by atoms with Gasteiger partial charge in [-0.05, 0) is 29.8 Å². The Morgan fingerprint density at radius 1 is 1.10 bits per heavy atom. The van der Waals surface area contributed by atoms with E-state index in [1.807, 2.05) is 6.07 Å². The lowest BCUT2D eigenvalue weighted by atomic mass is 10.2. The molecule has 3 rings (SSSR count). The molecular formula is C18H14N6O4S. The van der Waals surface area contributed by atoms with Crippen LogP contribution in [0.5, 0.6) is 0 Å². The number of carbonyl (C=O) groups excluding carboxylic acids is 2. The van der Waals surface area contributed by atoms with Gasteiger partial charge in [0.15, 0.2) is 0 Å². The average molecular weight is 410 g/mol. The van der Waals surface area contributed by atoms with Gasteiger partial charge in [0.2, 0.25) is 11.0 Å². The monoisotopic (exact) mass is 410 g/mol. The van der Waals surface area contributed by atoms with Gasteiger partial charge in [-0.1, -0.05) is 29.5 Å². The van der Waals surface area contributed by atoms with Gasteiger partial charge in [-0.3, -0.25) is 25.0 Å². The summed E-state index contributed by atoms with van der Waals surface area (Å²) in [5.41, 5.74) is 3.39. The second kappa shape index (κ2) is 9.28. The van der Waals surface area contributed by atoms with Gasteiger partial charge in [-0.15, -0.1) is 10.2 Å². The molecule has 0 saturated heterocycles. The van der Waals surface area contributed by atoms with E-state index in [1.54, 1.807) is 24.3 Å². The first-order valence-corrected chi connectivity index (χ1v) is 9.08. The molecule has 0 spiro atoms. The molecule has 1 heterocycles. The van der Waals surface area contributed by atoms with Crippen LogP contribution in [0.15, 0.2) is 59.7 Å². The van der Waals surface area contributed by atoms with E-state index in [4.69, 9.17) is 0 Å². The molecule has 0 aliphatic rings. The molecule has 0 fully saturated rings. The van der Waals surface area contributed by atoms with Gasteiger partial charge in [0.1, 0.15) is 5.01 Å². The first-order chi connectivity index (χ1) is 14.0. The third-order valence-electron chi connectivity index (χ3n) is 3.54. The summed E-state index contributed by atoms with van der Waals surface area (Å²) in [6.45, 7) is 0. The quantitative estimate of drug-likeness (QED) is 0.348. The number of hydrazone groups is 1. The molecule has 2 aromatic carbocycles. The largest absolute Gasteiger partial charge is 0.296 e. The highest BCUT2D eigenvalue weighted by atomic mass is 32.1. The van der Waals surface area contributed by atoms with Gasteiger partial charge in [-0.25, -0.2) is 5.43 Å². The van der Waals surface area contributed by atoms with Crippen LogP contribution in [0.2, 0.25) is 0 Å². The van der Waals surface area contributed by atoms with Crippen LogP contribution in [0.25, 0.3) is 0 Å². The third-order valence-corrected chi connectivity index (χ3v) is 4.38. The number of benzene rings is 2. The van der Waals surface area contributed by atoms with E-state index in [0.29, 0.717) is 16.1 Å². The van der Waals surface area contributed by atoms with E-state index in [-0.39, 0.29) is 23.1 Å². The number of anilines is 1. The number of carbonyl (C=O) groups is 2. The highest BCUT2D eigenvalue weighted by molar-refractivity contribution is 7.15. The van der Waals surface area contributed by atoms with E-state index in [1.165, 1.54) is 30.5 Å². The fourth-order valence-corrected chi connectivity index (χ4v) is 2.91. The fraction of sp³-hybridized carbons (Fsp3) is 0.0556. The highest BCUT2D eigenvalue weighted by Gasteiger charge is 2.12. The summed E-state index contributed by atoms with van der Waals surface area (Å²) in [4.78, 5) is 34.1. The zero-order valence-corrected chi connectivity index (χ0v) is 15.6. The average Bonchev–Trinajstić information content (AvgIpc) is 3.15. The number of hydrogen-bond acceptors (Lipinski definition) is 8. The fourth-order valence-electron chi connectivity index (χ4n) is 2.17. The van der Waals surface area contributed by atoms with Crippen molar-refractivity contribution in [2.75, 3.05) is 5.32 Å². The van der Waals surface area contributed by atoms with Gasteiger partial charge in [0, 0.05) is 17.7 Å². The van der Waals surface area contributed by atoms with Crippen molar-refractivity contribution in [2.45, 2.75) is 6.42 Å². The molecule has 0 unspecified atom stereocenters. The van der Waals surface area contributed by atoms with Crippen LogP contribution in [0.4, 0.5) is 10.8 Å². The van der Waals surface area contributed by atoms with Crippen LogP contribution in [-0.4, -0.2) is 33.1 Å². The smallest absolute Gasteiger partial charge is 0.269 e. The van der Waals surface area contributed by atoms with Crippen LogP contribution >= 0.6 is 11.3 Å². The number of rotatable bonds is 7. The van der Waals surface area contributed by atoms with E-state index < -0.39 is 10.8 Å². The number of nitrogens with zero attached hydrogens (tertiary/aromatic N) is 4. The Hall–Kier alpha value is -3.99. The number of hydrogen-bond donors (Lipinski definition) is 2. The van der Waals surface area contributed by atoms with Crippen molar-refractivity contribution in [3.05, 3.63) is 80.8 Å². The minimum Gasteiger partial charge on any atom is -0.296 e. The summed E-state index contributed by atoms with van der Waals surface area (Å²) in [6.07, 6.45) is 1.31. The first-order valence-electron chi connectivity index (χ1n) is 8.26. The van der Waals surface area contributed by atoms with Crippen molar-refractivity contribution in [1.29, 1.82) is 0 Å². The molecule has 10 nitrogen and oxygen atoms in total. The summed E-state index contributed by atoms with van der Waals surface area (Å²) in [5.74, 6) is -0.731. The molecule has 0 aliphatic carbocycles. The molecule has 29 heavy (non-hydrogen) atoms. The van der Waals surface area contributed by atoms with Crippen molar-refractivity contribution < 1.29 is 14.5 Å². The minimum atomic E-state index is -0.499. The zero-order chi connectivity index (χ0) is 20.6. The number of aromatic nitrogens is 2. The molecule has 2 N–H and O–H groups in total. The second-order valence-electron chi connectivity index (χ2n) is 5.64. The maximum atomic E-state index is 12.1. The minimum absolute atomic E-state index is 0.0300. The topological polar surface area (TPSA) is 139 Å². The SMILES string of the molecule is O=C(Cc1nnc(NC(=O)c2ccccc2)s1)N/N=C\c1ccc([N+](=O)[O-])cc1. The summed E-state index contributed by atoms with van der Waals surface area (Å²) in [5, 5.41) is 25.5. The Kier molecular flexibility index (Phi) is 6.32. The molecule has 2 amide bonds. The lowest BCUT2D eigenvalue weighted by Crippen LogP contribution is -2.19. The molecule has 146 valence electrons. The highest BCUT2D eigenvalue weighted by Crippen LogP contribution is 2.16. The van der Waals surface area contributed by atoms with Crippen LogP contribution in [0, 0.1) is 10.1 Å². The van der Waals surface area contributed by atoms with Crippen molar-refractivity contribution in [3.63, 3.8) is 0 Å². The summed E-state index contributed by atoms with van der Waals surface area (Å²) in [6, 6.07) is 14.4. The summed E-state index contributed by atoms with van der Waals surface area (Å²) >= 11 is 1.09.